The van der Waals surface area contributed by atoms with Gasteiger partial charge in [0.1, 0.15) is 10.4 Å². The summed E-state index contributed by atoms with van der Waals surface area (Å²) >= 11 is 1.33. The summed E-state index contributed by atoms with van der Waals surface area (Å²) in [6.45, 7) is 1.54. The molecule has 1 saturated carbocycles. The van der Waals surface area contributed by atoms with E-state index < -0.39 is 15.9 Å². The Bertz CT molecular complexity index is 1310. The van der Waals surface area contributed by atoms with E-state index in [2.05, 4.69) is 4.72 Å². The van der Waals surface area contributed by atoms with Gasteiger partial charge in [-0.3, -0.25) is 9.52 Å². The number of alkyl halides is 2. The third-order valence-corrected chi connectivity index (χ3v) is 7.88. The number of aromatic nitrogens is 1. The van der Waals surface area contributed by atoms with Crippen LogP contribution in [0.25, 0.3) is 21.2 Å². The van der Waals surface area contributed by atoms with E-state index in [9.17, 15) is 22.0 Å². The Morgan fingerprint density at radius 3 is 2.62 bits per heavy atom. The lowest BCUT2D eigenvalue weighted by molar-refractivity contribution is -0.0581. The molecule has 0 aliphatic heterocycles. The van der Waals surface area contributed by atoms with Crippen molar-refractivity contribution in [2.75, 3.05) is 10.5 Å². The van der Waals surface area contributed by atoms with Gasteiger partial charge in [-0.2, -0.15) is 0 Å². The van der Waals surface area contributed by atoms with Gasteiger partial charge < -0.3 is 9.30 Å². The number of hydrogen-bond acceptors (Lipinski definition) is 5. The van der Waals surface area contributed by atoms with Crippen LogP contribution >= 0.6 is 11.3 Å². The van der Waals surface area contributed by atoms with Crippen molar-refractivity contribution in [3.8, 4) is 16.9 Å². The van der Waals surface area contributed by atoms with Gasteiger partial charge in [0.15, 0.2) is 0 Å². The van der Waals surface area contributed by atoms with Gasteiger partial charge in [-0.15, -0.1) is 11.3 Å². The fourth-order valence-corrected chi connectivity index (χ4v) is 5.37. The van der Waals surface area contributed by atoms with E-state index >= 15 is 0 Å². The molecule has 0 spiro atoms. The standard InChI is InChI=1S/C22H24F2N2O4S2/c1-3-32(28,29)25-14-4-5-19(30-15-6-9-22(23,24)10-7-15)17(12-14)18-13-26(2)21(27)20-16(18)8-11-31-20/h4-5,8,11-13,15,25H,3,6-7,9-10H2,1-2H3. The molecule has 3 aromatic rings. The molecular weight excluding hydrogens is 458 g/mol. The molecule has 0 radical (unpaired) electrons. The summed E-state index contributed by atoms with van der Waals surface area (Å²) in [5, 5.41) is 2.55. The van der Waals surface area contributed by atoms with Crippen molar-refractivity contribution in [2.24, 2.45) is 7.05 Å². The van der Waals surface area contributed by atoms with Crippen LogP contribution in [0.15, 0.2) is 40.6 Å². The third-order valence-electron chi connectivity index (χ3n) is 5.67. The minimum atomic E-state index is -3.50. The Hall–Kier alpha value is -2.46. The number of benzene rings is 1. The molecule has 2 heterocycles. The molecule has 6 nitrogen and oxygen atoms in total. The lowest BCUT2D eigenvalue weighted by Crippen LogP contribution is -2.30. The number of thiophene rings is 1. The molecule has 0 bridgehead atoms. The van der Waals surface area contributed by atoms with Gasteiger partial charge in [0.2, 0.25) is 15.9 Å². The van der Waals surface area contributed by atoms with Crippen LogP contribution in [0.5, 0.6) is 5.75 Å². The first-order chi connectivity index (χ1) is 15.1. The smallest absolute Gasteiger partial charge is 0.268 e. The second kappa shape index (κ2) is 8.47. The van der Waals surface area contributed by atoms with Gasteiger partial charge in [-0.25, -0.2) is 17.2 Å². The van der Waals surface area contributed by atoms with E-state index in [0.29, 0.717) is 27.3 Å². The molecule has 0 unspecified atom stereocenters. The average Bonchev–Trinajstić information content (AvgIpc) is 3.23. The zero-order chi connectivity index (χ0) is 23.1. The van der Waals surface area contributed by atoms with Gasteiger partial charge in [0.25, 0.3) is 5.56 Å². The second-order valence-corrected chi connectivity index (χ2v) is 10.9. The SMILES string of the molecule is CCS(=O)(=O)Nc1ccc(OC2CCC(F)(F)CC2)c(-c2cn(C)c(=O)c3sccc23)c1. The number of pyridine rings is 1. The zero-order valence-corrected chi connectivity index (χ0v) is 19.4. The molecule has 1 N–H and O–H groups in total. The van der Waals surface area contributed by atoms with Crippen LogP contribution in [0.4, 0.5) is 14.5 Å². The molecule has 32 heavy (non-hydrogen) atoms. The highest BCUT2D eigenvalue weighted by atomic mass is 32.2. The minimum absolute atomic E-state index is 0.0779. The Morgan fingerprint density at radius 2 is 1.94 bits per heavy atom. The maximum Gasteiger partial charge on any atom is 0.268 e. The van der Waals surface area contributed by atoms with Crippen LogP contribution < -0.4 is 15.0 Å². The maximum absolute atomic E-state index is 13.6. The van der Waals surface area contributed by atoms with Gasteiger partial charge in [-0.05, 0) is 49.4 Å². The van der Waals surface area contributed by atoms with Crippen molar-refractivity contribution >= 4 is 37.1 Å². The number of nitrogens with zero attached hydrogens (tertiary/aromatic N) is 1. The van der Waals surface area contributed by atoms with Crippen LogP contribution in [-0.4, -0.2) is 30.8 Å². The number of halogens is 2. The Labute approximate surface area is 188 Å². The van der Waals surface area contributed by atoms with E-state index in [1.807, 2.05) is 11.4 Å². The van der Waals surface area contributed by atoms with Crippen molar-refractivity contribution in [1.82, 2.24) is 4.57 Å². The van der Waals surface area contributed by atoms with E-state index in [4.69, 9.17) is 4.74 Å². The first kappa shape index (κ1) is 22.7. The zero-order valence-electron chi connectivity index (χ0n) is 17.7. The number of anilines is 1. The van der Waals surface area contributed by atoms with Crippen LogP contribution in [0.3, 0.4) is 0 Å². The minimum Gasteiger partial charge on any atom is -0.490 e. The average molecular weight is 483 g/mol. The van der Waals surface area contributed by atoms with Gasteiger partial charge in [-0.1, -0.05) is 0 Å². The van der Waals surface area contributed by atoms with Crippen molar-refractivity contribution in [3.63, 3.8) is 0 Å². The third kappa shape index (κ3) is 4.66. The molecule has 4 rings (SSSR count). The molecular formula is C22H24F2N2O4S2. The molecule has 1 aromatic carbocycles. The Balaban J connectivity index is 1.80. The lowest BCUT2D eigenvalue weighted by atomic mass is 9.94. The van der Waals surface area contributed by atoms with Crippen LogP contribution in [0, 0.1) is 0 Å². The number of rotatable bonds is 6. The summed E-state index contributed by atoms with van der Waals surface area (Å²) in [5.74, 6) is -2.28. The highest BCUT2D eigenvalue weighted by molar-refractivity contribution is 7.92. The van der Waals surface area contributed by atoms with E-state index in [1.165, 1.54) is 15.9 Å². The number of sulfonamides is 1. The number of fused-ring (bicyclic) bond motifs is 1. The molecule has 1 aliphatic carbocycles. The molecule has 0 amide bonds. The maximum atomic E-state index is 13.6. The molecule has 10 heteroatoms. The van der Waals surface area contributed by atoms with Gasteiger partial charge in [0, 0.05) is 48.3 Å². The number of nitrogens with one attached hydrogen (secondary N) is 1. The fraction of sp³-hybridized carbons (Fsp3) is 0.409. The summed E-state index contributed by atoms with van der Waals surface area (Å²) in [4.78, 5) is 12.5. The predicted octanol–water partition coefficient (Wildman–Crippen LogP) is 4.99. The Morgan fingerprint density at radius 1 is 1.22 bits per heavy atom. The molecule has 0 saturated heterocycles. The van der Waals surface area contributed by atoms with Crippen LogP contribution in [0.1, 0.15) is 32.6 Å². The summed E-state index contributed by atoms with van der Waals surface area (Å²) in [6.07, 6.45) is 1.34. The van der Waals surface area contributed by atoms with Crippen molar-refractivity contribution in [1.29, 1.82) is 0 Å². The molecule has 1 aliphatic rings. The summed E-state index contributed by atoms with van der Waals surface area (Å²) in [6, 6.07) is 6.75. The summed E-state index contributed by atoms with van der Waals surface area (Å²) in [5.41, 5.74) is 1.54. The predicted molar refractivity (Wildman–Crippen MR) is 123 cm³/mol. The summed E-state index contributed by atoms with van der Waals surface area (Å²) < 4.78 is 62.1. The van der Waals surface area contributed by atoms with Crippen molar-refractivity contribution in [2.45, 2.75) is 44.6 Å². The highest BCUT2D eigenvalue weighted by Gasteiger charge is 2.36. The molecule has 172 valence electrons. The summed E-state index contributed by atoms with van der Waals surface area (Å²) in [7, 11) is -1.85. The molecule has 0 atom stereocenters. The number of hydrogen-bond donors (Lipinski definition) is 1. The van der Waals surface area contributed by atoms with Crippen LogP contribution in [0.2, 0.25) is 0 Å². The van der Waals surface area contributed by atoms with E-state index in [0.717, 1.165) is 5.39 Å². The number of ether oxygens (including phenoxy) is 1. The van der Waals surface area contributed by atoms with E-state index in [-0.39, 0.29) is 43.1 Å². The first-order valence-corrected chi connectivity index (χ1v) is 12.9. The van der Waals surface area contributed by atoms with Gasteiger partial charge in [0.05, 0.1) is 11.9 Å². The first-order valence-electron chi connectivity index (χ1n) is 10.3. The molecule has 2 aromatic heterocycles. The molecule has 1 fully saturated rings. The van der Waals surface area contributed by atoms with Crippen molar-refractivity contribution in [3.05, 3.63) is 46.2 Å². The van der Waals surface area contributed by atoms with Crippen molar-refractivity contribution < 1.29 is 21.9 Å². The van der Waals surface area contributed by atoms with Crippen LogP contribution in [-0.2, 0) is 17.1 Å². The quantitative estimate of drug-likeness (QED) is 0.537. The fourth-order valence-electron chi connectivity index (χ4n) is 3.85. The Kier molecular flexibility index (Phi) is 6.02. The number of aryl methyl sites for hydroxylation is 1. The highest BCUT2D eigenvalue weighted by Crippen LogP contribution is 2.40. The lowest BCUT2D eigenvalue weighted by Gasteiger charge is -2.29. The topological polar surface area (TPSA) is 77.4 Å². The van der Waals surface area contributed by atoms with E-state index in [1.54, 1.807) is 38.4 Å². The monoisotopic (exact) mass is 482 g/mol. The van der Waals surface area contributed by atoms with Gasteiger partial charge >= 0.3 is 0 Å². The largest absolute Gasteiger partial charge is 0.490 e. The second-order valence-electron chi connectivity index (χ2n) is 8.01. The normalized spacial score (nSPS) is 16.9.